The van der Waals surface area contributed by atoms with Gasteiger partial charge in [0.1, 0.15) is 0 Å². The number of rotatable bonds is 8. The molecule has 1 aromatic rings. The molecular weight excluding hydrogens is 254 g/mol. The van der Waals surface area contributed by atoms with Crippen molar-refractivity contribution < 1.29 is 14.3 Å². The van der Waals surface area contributed by atoms with E-state index in [1.54, 1.807) is 0 Å². The van der Waals surface area contributed by atoms with Gasteiger partial charge in [-0.15, -0.1) is 0 Å². The van der Waals surface area contributed by atoms with Crippen LogP contribution in [0.15, 0.2) is 24.3 Å². The summed E-state index contributed by atoms with van der Waals surface area (Å²) < 4.78 is 11.1. The number of para-hydroxylation sites is 2. The Hall–Kier alpha value is -1.71. The highest BCUT2D eigenvalue weighted by Crippen LogP contribution is 2.26. The molecule has 4 nitrogen and oxygen atoms in total. The highest BCUT2D eigenvalue weighted by Gasteiger charge is 2.12. The average Bonchev–Trinajstić information content (AvgIpc) is 2.43. The lowest BCUT2D eigenvalue weighted by Crippen LogP contribution is -2.38. The first kappa shape index (κ1) is 16.3. The van der Waals surface area contributed by atoms with Crippen molar-refractivity contribution in [3.05, 3.63) is 24.3 Å². The Labute approximate surface area is 121 Å². The molecule has 0 saturated carbocycles. The van der Waals surface area contributed by atoms with Gasteiger partial charge in [-0.1, -0.05) is 32.9 Å². The molecule has 0 radical (unpaired) electrons. The molecule has 4 heteroatoms. The predicted octanol–water partition coefficient (Wildman–Crippen LogP) is 3.01. The minimum atomic E-state index is -0.114. The van der Waals surface area contributed by atoms with Crippen LogP contribution >= 0.6 is 0 Å². The summed E-state index contributed by atoms with van der Waals surface area (Å²) in [6.45, 7) is 8.81. The molecule has 20 heavy (non-hydrogen) atoms. The third kappa shape index (κ3) is 5.51. The third-order valence-corrected chi connectivity index (χ3v) is 3.06. The third-order valence-electron chi connectivity index (χ3n) is 3.06. The quantitative estimate of drug-likeness (QED) is 0.795. The van der Waals surface area contributed by atoms with E-state index in [0.29, 0.717) is 24.0 Å². The first-order valence-electron chi connectivity index (χ1n) is 7.18. The van der Waals surface area contributed by atoms with E-state index in [1.165, 1.54) is 0 Å². The van der Waals surface area contributed by atoms with Crippen LogP contribution in [-0.4, -0.2) is 25.2 Å². The zero-order valence-electron chi connectivity index (χ0n) is 12.8. The van der Waals surface area contributed by atoms with Crippen molar-refractivity contribution in [2.24, 2.45) is 5.92 Å². The number of benzene rings is 1. The van der Waals surface area contributed by atoms with Crippen molar-refractivity contribution in [1.29, 1.82) is 0 Å². The van der Waals surface area contributed by atoms with E-state index in [1.807, 2.05) is 38.1 Å². The van der Waals surface area contributed by atoms with Gasteiger partial charge in [-0.2, -0.15) is 0 Å². The molecule has 0 aliphatic rings. The number of carbonyl (C=O) groups is 1. The lowest BCUT2D eigenvalue weighted by atomic mass is 10.1. The van der Waals surface area contributed by atoms with Gasteiger partial charge >= 0.3 is 0 Å². The van der Waals surface area contributed by atoms with Gasteiger partial charge in [0.15, 0.2) is 18.1 Å². The summed E-state index contributed by atoms with van der Waals surface area (Å²) in [5, 5.41) is 2.91. The van der Waals surface area contributed by atoms with E-state index in [2.05, 4.69) is 19.2 Å². The van der Waals surface area contributed by atoms with Crippen LogP contribution in [0.1, 0.15) is 34.1 Å². The van der Waals surface area contributed by atoms with Crippen molar-refractivity contribution in [2.75, 3.05) is 13.2 Å². The number of hydrogen-bond donors (Lipinski definition) is 1. The lowest BCUT2D eigenvalue weighted by molar-refractivity contribution is -0.124. The van der Waals surface area contributed by atoms with Crippen LogP contribution in [-0.2, 0) is 4.79 Å². The van der Waals surface area contributed by atoms with Crippen LogP contribution < -0.4 is 14.8 Å². The maximum Gasteiger partial charge on any atom is 0.258 e. The molecule has 0 aromatic heterocycles. The summed E-state index contributed by atoms with van der Waals surface area (Å²) in [6.07, 6.45) is 0.931. The minimum absolute atomic E-state index is 0.00353. The zero-order valence-corrected chi connectivity index (χ0v) is 12.8. The van der Waals surface area contributed by atoms with Gasteiger partial charge in [-0.05, 0) is 31.4 Å². The van der Waals surface area contributed by atoms with Crippen LogP contribution in [0, 0.1) is 5.92 Å². The van der Waals surface area contributed by atoms with Crippen LogP contribution in [0.2, 0.25) is 0 Å². The van der Waals surface area contributed by atoms with Gasteiger partial charge in [0.25, 0.3) is 5.91 Å². The fraction of sp³-hybridized carbons (Fsp3) is 0.562. The molecule has 0 bridgehead atoms. The van der Waals surface area contributed by atoms with Crippen molar-refractivity contribution in [3.63, 3.8) is 0 Å². The molecule has 0 spiro atoms. The van der Waals surface area contributed by atoms with Crippen molar-refractivity contribution in [2.45, 2.75) is 40.2 Å². The summed E-state index contributed by atoms with van der Waals surface area (Å²) >= 11 is 0. The molecule has 1 amide bonds. The van der Waals surface area contributed by atoms with Crippen molar-refractivity contribution in [1.82, 2.24) is 5.32 Å². The fourth-order valence-corrected chi connectivity index (χ4v) is 1.51. The number of ether oxygens (including phenoxy) is 2. The zero-order chi connectivity index (χ0) is 15.0. The van der Waals surface area contributed by atoms with E-state index in [4.69, 9.17) is 9.47 Å². The number of carbonyl (C=O) groups excluding carboxylic acids is 1. The Balaban J connectivity index is 2.50. The van der Waals surface area contributed by atoms with Crippen molar-refractivity contribution >= 4 is 5.91 Å². The van der Waals surface area contributed by atoms with E-state index < -0.39 is 0 Å². The summed E-state index contributed by atoms with van der Waals surface area (Å²) in [5.74, 6) is 1.57. The average molecular weight is 279 g/mol. The van der Waals surface area contributed by atoms with Crippen molar-refractivity contribution in [3.8, 4) is 11.5 Å². The van der Waals surface area contributed by atoms with Crippen LogP contribution in [0.3, 0.4) is 0 Å². The van der Waals surface area contributed by atoms with Gasteiger partial charge in [-0.3, -0.25) is 4.79 Å². The Morgan fingerprint density at radius 2 is 1.75 bits per heavy atom. The molecule has 0 aliphatic heterocycles. The molecule has 1 aromatic carbocycles. The van der Waals surface area contributed by atoms with Gasteiger partial charge in [0, 0.05) is 6.04 Å². The van der Waals surface area contributed by atoms with Gasteiger partial charge < -0.3 is 14.8 Å². The van der Waals surface area contributed by atoms with Gasteiger partial charge in [0.05, 0.1) is 6.61 Å². The lowest BCUT2D eigenvalue weighted by Gasteiger charge is -2.18. The standard InChI is InChI=1S/C16H25NO3/c1-5-10-19-14-8-6-7-9-15(14)20-11-16(18)17-13(4)12(2)3/h6-9,12-13H,5,10-11H2,1-4H3,(H,17,18). The van der Waals surface area contributed by atoms with Crippen LogP contribution in [0.25, 0.3) is 0 Å². The molecule has 1 unspecified atom stereocenters. The Morgan fingerprint density at radius 3 is 2.30 bits per heavy atom. The molecule has 112 valence electrons. The largest absolute Gasteiger partial charge is 0.490 e. The van der Waals surface area contributed by atoms with Crippen LogP contribution in [0.5, 0.6) is 11.5 Å². The predicted molar refractivity (Wildman–Crippen MR) is 80.2 cm³/mol. The second-order valence-electron chi connectivity index (χ2n) is 5.18. The Bertz CT molecular complexity index is 418. The summed E-state index contributed by atoms with van der Waals surface area (Å²) in [7, 11) is 0. The summed E-state index contributed by atoms with van der Waals surface area (Å²) in [6, 6.07) is 7.54. The summed E-state index contributed by atoms with van der Waals surface area (Å²) in [4.78, 5) is 11.8. The van der Waals surface area contributed by atoms with E-state index in [9.17, 15) is 4.79 Å². The molecule has 0 heterocycles. The first-order valence-corrected chi connectivity index (χ1v) is 7.18. The highest BCUT2D eigenvalue weighted by atomic mass is 16.5. The number of nitrogens with one attached hydrogen (secondary N) is 1. The molecule has 0 saturated heterocycles. The second kappa shape index (κ2) is 8.46. The molecule has 1 N–H and O–H groups in total. The number of hydrogen-bond acceptors (Lipinski definition) is 3. The normalized spacial score (nSPS) is 12.1. The maximum atomic E-state index is 11.8. The fourth-order valence-electron chi connectivity index (χ4n) is 1.51. The molecule has 0 fully saturated rings. The SMILES string of the molecule is CCCOc1ccccc1OCC(=O)NC(C)C(C)C. The van der Waals surface area contributed by atoms with Gasteiger partial charge in [0.2, 0.25) is 0 Å². The smallest absolute Gasteiger partial charge is 0.258 e. The monoisotopic (exact) mass is 279 g/mol. The molecule has 0 aliphatic carbocycles. The highest BCUT2D eigenvalue weighted by molar-refractivity contribution is 5.77. The molecule has 1 atom stereocenters. The number of amides is 1. The van der Waals surface area contributed by atoms with Gasteiger partial charge in [-0.25, -0.2) is 0 Å². The van der Waals surface area contributed by atoms with Crippen LogP contribution in [0.4, 0.5) is 0 Å². The minimum Gasteiger partial charge on any atom is -0.490 e. The first-order chi connectivity index (χ1) is 9.54. The topological polar surface area (TPSA) is 47.6 Å². The van der Waals surface area contributed by atoms with E-state index >= 15 is 0 Å². The van der Waals surface area contributed by atoms with E-state index in [0.717, 1.165) is 6.42 Å². The molecular formula is C16H25NO3. The Morgan fingerprint density at radius 1 is 1.15 bits per heavy atom. The Kier molecular flexibility index (Phi) is 6.91. The van der Waals surface area contributed by atoms with E-state index in [-0.39, 0.29) is 18.6 Å². The summed E-state index contributed by atoms with van der Waals surface area (Å²) in [5.41, 5.74) is 0. The maximum absolute atomic E-state index is 11.8. The molecule has 1 rings (SSSR count). The second-order valence-corrected chi connectivity index (χ2v) is 5.18.